The number of methoxy groups -OCH3 is 3. The number of benzene rings is 2. The van der Waals surface area contributed by atoms with Crippen LogP contribution >= 0.6 is 0 Å². The number of carbonyl (C=O) groups is 2. The number of fused-ring (bicyclic) bond motifs is 1. The molecule has 1 heterocycles. The highest BCUT2D eigenvalue weighted by molar-refractivity contribution is 6.01. The Labute approximate surface area is 186 Å². The molecular weight excluding hydrogens is 412 g/mol. The molecule has 3 N–H and O–H groups in total. The zero-order chi connectivity index (χ0) is 23.3. The molecule has 0 saturated carbocycles. The van der Waals surface area contributed by atoms with Gasteiger partial charge in [0.15, 0.2) is 11.5 Å². The standard InChI is InChI=1S/C23H28N4O5/c1-6-13(2)19(22(29)27-23-24-15-9-7-8-10-16(15)25-23)26-21(28)14-11-17(30-3)20(32-5)18(12-14)31-4/h7-13,19H,6H2,1-5H3,(H,26,28)(H2,24,25,27,29)/t13-,19+/m1/s1. The Balaban J connectivity index is 1.83. The number of nitrogens with zero attached hydrogens (tertiary/aromatic N) is 1. The number of para-hydroxylation sites is 2. The van der Waals surface area contributed by atoms with Crippen molar-refractivity contribution in [3.63, 3.8) is 0 Å². The quantitative estimate of drug-likeness (QED) is 0.470. The number of aromatic nitrogens is 2. The van der Waals surface area contributed by atoms with E-state index in [-0.39, 0.29) is 17.4 Å². The number of anilines is 1. The molecule has 0 unspecified atom stereocenters. The molecule has 9 heteroatoms. The fourth-order valence-corrected chi connectivity index (χ4v) is 3.35. The summed E-state index contributed by atoms with van der Waals surface area (Å²) in [6.07, 6.45) is 0.688. The Morgan fingerprint density at radius 1 is 1.06 bits per heavy atom. The second kappa shape index (κ2) is 10.0. The smallest absolute Gasteiger partial charge is 0.252 e. The van der Waals surface area contributed by atoms with Crippen LogP contribution in [0.1, 0.15) is 30.6 Å². The van der Waals surface area contributed by atoms with E-state index in [0.29, 0.717) is 29.6 Å². The Kier molecular flexibility index (Phi) is 7.19. The number of nitrogens with one attached hydrogen (secondary N) is 3. The number of carbonyl (C=O) groups excluding carboxylic acids is 2. The van der Waals surface area contributed by atoms with Gasteiger partial charge in [0.1, 0.15) is 6.04 Å². The van der Waals surface area contributed by atoms with E-state index in [2.05, 4.69) is 20.6 Å². The predicted octanol–water partition coefficient (Wildman–Crippen LogP) is 3.37. The van der Waals surface area contributed by atoms with Gasteiger partial charge in [-0.05, 0) is 30.2 Å². The van der Waals surface area contributed by atoms with Gasteiger partial charge in [-0.1, -0.05) is 32.4 Å². The van der Waals surface area contributed by atoms with Crippen molar-refractivity contribution in [2.75, 3.05) is 26.6 Å². The SMILES string of the molecule is CC[C@@H](C)[C@H](NC(=O)c1cc(OC)c(OC)c(OC)c1)C(=O)Nc1nc2ccccc2[nH]1. The second-order valence-electron chi connectivity index (χ2n) is 7.34. The molecule has 0 fully saturated rings. The number of hydrogen-bond donors (Lipinski definition) is 3. The number of ether oxygens (including phenoxy) is 3. The lowest BCUT2D eigenvalue weighted by Crippen LogP contribution is -2.47. The maximum absolute atomic E-state index is 13.0. The van der Waals surface area contributed by atoms with Gasteiger partial charge in [0, 0.05) is 5.56 Å². The molecule has 170 valence electrons. The van der Waals surface area contributed by atoms with Crippen LogP contribution in [0.15, 0.2) is 36.4 Å². The van der Waals surface area contributed by atoms with Gasteiger partial charge in [-0.3, -0.25) is 14.9 Å². The average Bonchev–Trinajstić information content (AvgIpc) is 3.22. The zero-order valence-electron chi connectivity index (χ0n) is 18.8. The minimum absolute atomic E-state index is 0.120. The minimum atomic E-state index is -0.778. The predicted molar refractivity (Wildman–Crippen MR) is 122 cm³/mol. The third-order valence-electron chi connectivity index (χ3n) is 5.34. The van der Waals surface area contributed by atoms with Crippen LogP contribution in [0.2, 0.25) is 0 Å². The van der Waals surface area contributed by atoms with E-state index in [1.807, 2.05) is 38.1 Å². The van der Waals surface area contributed by atoms with Gasteiger partial charge in [-0.25, -0.2) is 4.98 Å². The summed E-state index contributed by atoms with van der Waals surface area (Å²) >= 11 is 0. The molecule has 0 aliphatic carbocycles. The van der Waals surface area contributed by atoms with Gasteiger partial charge >= 0.3 is 0 Å². The van der Waals surface area contributed by atoms with Crippen molar-refractivity contribution in [2.24, 2.45) is 5.92 Å². The summed E-state index contributed by atoms with van der Waals surface area (Å²) in [5.74, 6) is 0.491. The Hall–Kier alpha value is -3.75. The topological polar surface area (TPSA) is 115 Å². The first-order chi connectivity index (χ1) is 15.4. The zero-order valence-corrected chi connectivity index (χ0v) is 18.8. The highest BCUT2D eigenvalue weighted by Gasteiger charge is 2.28. The summed E-state index contributed by atoms with van der Waals surface area (Å²) in [4.78, 5) is 33.5. The van der Waals surface area contributed by atoms with Crippen molar-refractivity contribution in [3.05, 3.63) is 42.0 Å². The third-order valence-corrected chi connectivity index (χ3v) is 5.34. The summed E-state index contributed by atoms with van der Waals surface area (Å²) in [6, 6.07) is 9.78. The Morgan fingerprint density at radius 2 is 1.72 bits per heavy atom. The van der Waals surface area contributed by atoms with Crippen LogP contribution in [0, 0.1) is 5.92 Å². The van der Waals surface area contributed by atoms with Crippen molar-refractivity contribution in [1.29, 1.82) is 0 Å². The van der Waals surface area contributed by atoms with E-state index < -0.39 is 11.9 Å². The fourth-order valence-electron chi connectivity index (χ4n) is 3.35. The molecule has 0 saturated heterocycles. The number of rotatable bonds is 9. The van der Waals surface area contributed by atoms with Crippen molar-refractivity contribution in [1.82, 2.24) is 15.3 Å². The normalized spacial score (nSPS) is 12.7. The summed E-state index contributed by atoms with van der Waals surface area (Å²) in [5, 5.41) is 5.61. The van der Waals surface area contributed by atoms with E-state index in [4.69, 9.17) is 14.2 Å². The Bertz CT molecular complexity index is 1050. The molecule has 2 atom stereocenters. The molecule has 0 radical (unpaired) electrons. The van der Waals surface area contributed by atoms with Crippen molar-refractivity contribution in [2.45, 2.75) is 26.3 Å². The monoisotopic (exact) mass is 440 g/mol. The maximum Gasteiger partial charge on any atom is 0.252 e. The lowest BCUT2D eigenvalue weighted by atomic mass is 9.98. The first-order valence-corrected chi connectivity index (χ1v) is 10.3. The summed E-state index contributed by atoms with van der Waals surface area (Å²) in [6.45, 7) is 3.86. The van der Waals surface area contributed by atoms with E-state index in [0.717, 1.165) is 11.0 Å². The van der Waals surface area contributed by atoms with E-state index in [1.54, 1.807) is 12.1 Å². The highest BCUT2D eigenvalue weighted by atomic mass is 16.5. The first-order valence-electron chi connectivity index (χ1n) is 10.3. The number of aromatic amines is 1. The number of hydrogen-bond acceptors (Lipinski definition) is 6. The number of imidazole rings is 1. The third kappa shape index (κ3) is 4.77. The molecule has 0 bridgehead atoms. The van der Waals surface area contributed by atoms with Gasteiger partial charge in [-0.2, -0.15) is 0 Å². The summed E-state index contributed by atoms with van der Waals surface area (Å²) in [7, 11) is 4.44. The molecule has 1 aromatic heterocycles. The minimum Gasteiger partial charge on any atom is -0.493 e. The second-order valence-corrected chi connectivity index (χ2v) is 7.34. The van der Waals surface area contributed by atoms with Gasteiger partial charge < -0.3 is 24.5 Å². The molecule has 3 rings (SSSR count). The maximum atomic E-state index is 13.0. The largest absolute Gasteiger partial charge is 0.493 e. The molecule has 32 heavy (non-hydrogen) atoms. The lowest BCUT2D eigenvalue weighted by molar-refractivity contribution is -0.119. The molecular formula is C23H28N4O5. The van der Waals surface area contributed by atoms with Crippen LogP contribution in [0.3, 0.4) is 0 Å². The molecule has 2 aromatic carbocycles. The molecule has 0 aliphatic rings. The van der Waals surface area contributed by atoms with Crippen LogP contribution in [0.25, 0.3) is 11.0 Å². The van der Waals surface area contributed by atoms with Crippen molar-refractivity contribution < 1.29 is 23.8 Å². The summed E-state index contributed by atoms with van der Waals surface area (Å²) in [5.41, 5.74) is 1.83. The van der Waals surface area contributed by atoms with Crippen LogP contribution in [-0.2, 0) is 4.79 Å². The fraction of sp³-hybridized carbons (Fsp3) is 0.348. The number of amides is 2. The number of H-pyrrole nitrogens is 1. The van der Waals surface area contributed by atoms with Crippen LogP contribution in [0.4, 0.5) is 5.95 Å². The molecule has 0 aliphatic heterocycles. The van der Waals surface area contributed by atoms with Gasteiger partial charge in [-0.15, -0.1) is 0 Å². The first kappa shape index (κ1) is 22.9. The summed E-state index contributed by atoms with van der Waals surface area (Å²) < 4.78 is 15.9. The van der Waals surface area contributed by atoms with Crippen molar-refractivity contribution >= 4 is 28.8 Å². The van der Waals surface area contributed by atoms with Crippen LogP contribution in [-0.4, -0.2) is 49.2 Å². The van der Waals surface area contributed by atoms with Crippen LogP contribution in [0.5, 0.6) is 17.2 Å². The van der Waals surface area contributed by atoms with Gasteiger partial charge in [0.05, 0.1) is 32.4 Å². The molecule has 3 aromatic rings. The molecule has 0 spiro atoms. The Morgan fingerprint density at radius 3 is 2.28 bits per heavy atom. The highest BCUT2D eigenvalue weighted by Crippen LogP contribution is 2.38. The van der Waals surface area contributed by atoms with Gasteiger partial charge in [0.25, 0.3) is 5.91 Å². The molecule has 2 amide bonds. The van der Waals surface area contributed by atoms with Crippen LogP contribution < -0.4 is 24.8 Å². The van der Waals surface area contributed by atoms with E-state index in [9.17, 15) is 9.59 Å². The van der Waals surface area contributed by atoms with Gasteiger partial charge in [0.2, 0.25) is 17.6 Å². The lowest BCUT2D eigenvalue weighted by Gasteiger charge is -2.23. The van der Waals surface area contributed by atoms with E-state index >= 15 is 0 Å². The van der Waals surface area contributed by atoms with Crippen molar-refractivity contribution in [3.8, 4) is 17.2 Å². The average molecular weight is 441 g/mol. The molecule has 9 nitrogen and oxygen atoms in total. The van der Waals surface area contributed by atoms with E-state index in [1.165, 1.54) is 21.3 Å².